The number of carbonyl (C=O) groups excluding carboxylic acids is 2. The molecule has 0 saturated carbocycles. The quantitative estimate of drug-likeness (QED) is 0.173. The van der Waals surface area contributed by atoms with Crippen molar-refractivity contribution < 1.29 is 34.0 Å². The second kappa shape index (κ2) is 11.8. The van der Waals surface area contributed by atoms with Crippen LogP contribution in [0.15, 0.2) is 72.3 Å². The molecule has 1 heterocycles. The molecular formula is C30H31NO7. The van der Waals surface area contributed by atoms with Gasteiger partial charge in [-0.2, -0.15) is 0 Å². The van der Waals surface area contributed by atoms with Crippen LogP contribution in [0.25, 0.3) is 5.76 Å². The van der Waals surface area contributed by atoms with Crippen LogP contribution in [-0.2, 0) is 20.9 Å². The number of ether oxygens (including phenoxy) is 3. The fourth-order valence-corrected chi connectivity index (χ4v) is 4.50. The number of rotatable bonds is 10. The zero-order valence-electron chi connectivity index (χ0n) is 21.6. The standard InChI is InChI=1S/C30H31NO7/c1-19-7-4-5-8-22(19)18-38-23-12-9-20(10-13-23)28(33)26-27(21-11-14-24(32)25(17-21)37-3)31(15-6-16-36-2)30(35)29(26)34/h4-5,7-14,17,27,32-33H,6,15-16,18H2,1-3H3/b28-26-. The Balaban J connectivity index is 1.67. The number of ketones is 1. The molecule has 3 aromatic rings. The Morgan fingerprint density at radius 1 is 1.00 bits per heavy atom. The van der Waals surface area contributed by atoms with E-state index in [1.165, 1.54) is 18.1 Å². The smallest absolute Gasteiger partial charge is 0.295 e. The van der Waals surface area contributed by atoms with Crippen molar-refractivity contribution in [3.05, 3.63) is 94.6 Å². The van der Waals surface area contributed by atoms with Crippen LogP contribution in [0.3, 0.4) is 0 Å². The monoisotopic (exact) mass is 517 g/mol. The van der Waals surface area contributed by atoms with Gasteiger partial charge in [0.2, 0.25) is 0 Å². The molecular weight excluding hydrogens is 486 g/mol. The summed E-state index contributed by atoms with van der Waals surface area (Å²) in [6.45, 7) is 3.06. The molecule has 0 aromatic heterocycles. The largest absolute Gasteiger partial charge is 0.507 e. The second-order valence-electron chi connectivity index (χ2n) is 9.01. The normalized spacial score (nSPS) is 16.6. The van der Waals surface area contributed by atoms with Crippen molar-refractivity contribution in [2.24, 2.45) is 0 Å². The first-order chi connectivity index (χ1) is 18.3. The molecule has 198 valence electrons. The van der Waals surface area contributed by atoms with Gasteiger partial charge in [-0.05, 0) is 66.4 Å². The Morgan fingerprint density at radius 3 is 2.42 bits per heavy atom. The summed E-state index contributed by atoms with van der Waals surface area (Å²) in [5.41, 5.74) is 3.06. The van der Waals surface area contributed by atoms with Gasteiger partial charge in [0.15, 0.2) is 11.5 Å². The third kappa shape index (κ3) is 5.50. The number of aromatic hydroxyl groups is 1. The first-order valence-electron chi connectivity index (χ1n) is 12.3. The van der Waals surface area contributed by atoms with Gasteiger partial charge in [0.25, 0.3) is 11.7 Å². The average molecular weight is 518 g/mol. The van der Waals surface area contributed by atoms with Gasteiger partial charge in [-0.1, -0.05) is 30.3 Å². The van der Waals surface area contributed by atoms with Crippen LogP contribution in [0.4, 0.5) is 0 Å². The minimum Gasteiger partial charge on any atom is -0.507 e. The molecule has 1 aliphatic rings. The fraction of sp³-hybridized carbons (Fsp3) is 0.267. The maximum absolute atomic E-state index is 13.2. The van der Waals surface area contributed by atoms with E-state index in [9.17, 15) is 19.8 Å². The maximum Gasteiger partial charge on any atom is 0.295 e. The van der Waals surface area contributed by atoms with Gasteiger partial charge in [-0.3, -0.25) is 9.59 Å². The number of carbonyl (C=O) groups is 2. The predicted molar refractivity (Wildman–Crippen MR) is 142 cm³/mol. The fourth-order valence-electron chi connectivity index (χ4n) is 4.50. The zero-order valence-corrected chi connectivity index (χ0v) is 21.6. The molecule has 0 aliphatic carbocycles. The molecule has 1 unspecified atom stereocenters. The number of methoxy groups -OCH3 is 2. The van der Waals surface area contributed by atoms with Crippen LogP contribution in [0.5, 0.6) is 17.2 Å². The number of hydrogen-bond acceptors (Lipinski definition) is 7. The topological polar surface area (TPSA) is 106 Å². The molecule has 4 rings (SSSR count). The number of hydrogen-bond donors (Lipinski definition) is 2. The molecule has 8 nitrogen and oxygen atoms in total. The highest BCUT2D eigenvalue weighted by atomic mass is 16.5. The third-order valence-electron chi connectivity index (χ3n) is 6.59. The molecule has 1 aliphatic heterocycles. The molecule has 1 fully saturated rings. The summed E-state index contributed by atoms with van der Waals surface area (Å²) in [4.78, 5) is 27.6. The Labute approximate surface area is 221 Å². The Morgan fingerprint density at radius 2 is 1.74 bits per heavy atom. The van der Waals surface area contributed by atoms with Crippen molar-refractivity contribution in [3.8, 4) is 17.2 Å². The summed E-state index contributed by atoms with van der Waals surface area (Å²) in [5, 5.41) is 21.3. The Bertz CT molecular complexity index is 1350. The lowest BCUT2D eigenvalue weighted by molar-refractivity contribution is -0.140. The highest BCUT2D eigenvalue weighted by Crippen LogP contribution is 2.42. The van der Waals surface area contributed by atoms with Gasteiger partial charge in [-0.25, -0.2) is 0 Å². The minimum absolute atomic E-state index is 0.0336. The van der Waals surface area contributed by atoms with Crippen molar-refractivity contribution in [3.63, 3.8) is 0 Å². The van der Waals surface area contributed by atoms with E-state index in [0.29, 0.717) is 36.5 Å². The third-order valence-corrected chi connectivity index (χ3v) is 6.59. The van der Waals surface area contributed by atoms with Gasteiger partial charge in [-0.15, -0.1) is 0 Å². The molecule has 3 aromatic carbocycles. The molecule has 1 amide bonds. The van der Waals surface area contributed by atoms with Crippen molar-refractivity contribution >= 4 is 17.4 Å². The molecule has 1 saturated heterocycles. The number of benzene rings is 3. The van der Waals surface area contributed by atoms with Gasteiger partial charge in [0.05, 0.1) is 18.7 Å². The number of likely N-dealkylation sites (tertiary alicyclic amines) is 1. The average Bonchev–Trinajstić information content (AvgIpc) is 3.18. The van der Waals surface area contributed by atoms with E-state index >= 15 is 0 Å². The van der Waals surface area contributed by atoms with Crippen LogP contribution in [0.2, 0.25) is 0 Å². The van der Waals surface area contributed by atoms with E-state index in [2.05, 4.69) is 0 Å². The zero-order chi connectivity index (χ0) is 27.2. The molecule has 0 radical (unpaired) electrons. The van der Waals surface area contributed by atoms with Crippen LogP contribution in [0.1, 0.15) is 34.7 Å². The maximum atomic E-state index is 13.2. The highest BCUT2D eigenvalue weighted by molar-refractivity contribution is 6.46. The van der Waals surface area contributed by atoms with Crippen molar-refractivity contribution in [1.82, 2.24) is 4.90 Å². The summed E-state index contributed by atoms with van der Waals surface area (Å²) in [7, 11) is 2.97. The molecule has 0 bridgehead atoms. The lowest BCUT2D eigenvalue weighted by atomic mass is 9.95. The van der Waals surface area contributed by atoms with Gasteiger partial charge in [0, 0.05) is 25.8 Å². The van der Waals surface area contributed by atoms with Crippen molar-refractivity contribution in [1.29, 1.82) is 0 Å². The molecule has 8 heteroatoms. The Kier molecular flexibility index (Phi) is 8.33. The number of amides is 1. The van der Waals surface area contributed by atoms with E-state index in [0.717, 1.165) is 11.1 Å². The summed E-state index contributed by atoms with van der Waals surface area (Å²) in [5.74, 6) is -1.06. The second-order valence-corrected chi connectivity index (χ2v) is 9.01. The lowest BCUT2D eigenvalue weighted by Crippen LogP contribution is -2.31. The van der Waals surface area contributed by atoms with Gasteiger partial charge >= 0.3 is 0 Å². The van der Waals surface area contributed by atoms with E-state index in [-0.39, 0.29) is 29.4 Å². The van der Waals surface area contributed by atoms with E-state index in [1.807, 2.05) is 31.2 Å². The Hall–Kier alpha value is -4.30. The van der Waals surface area contributed by atoms with E-state index < -0.39 is 17.7 Å². The van der Waals surface area contributed by atoms with E-state index in [4.69, 9.17) is 14.2 Å². The summed E-state index contributed by atoms with van der Waals surface area (Å²) in [6.07, 6.45) is 0.502. The summed E-state index contributed by atoms with van der Waals surface area (Å²) in [6, 6.07) is 18.4. The first-order valence-corrected chi connectivity index (χ1v) is 12.3. The molecule has 0 spiro atoms. The number of phenols is 1. The molecule has 38 heavy (non-hydrogen) atoms. The van der Waals surface area contributed by atoms with Crippen molar-refractivity contribution in [2.75, 3.05) is 27.4 Å². The van der Waals surface area contributed by atoms with Gasteiger partial charge < -0.3 is 29.3 Å². The molecule has 1 atom stereocenters. The highest BCUT2D eigenvalue weighted by Gasteiger charge is 2.46. The van der Waals surface area contributed by atoms with Crippen LogP contribution >= 0.6 is 0 Å². The lowest BCUT2D eigenvalue weighted by Gasteiger charge is -2.25. The number of aliphatic hydroxyl groups excluding tert-OH is 1. The summed E-state index contributed by atoms with van der Waals surface area (Å²) >= 11 is 0. The number of aryl methyl sites for hydroxylation is 1. The number of nitrogens with zero attached hydrogens (tertiary/aromatic N) is 1. The predicted octanol–water partition coefficient (Wildman–Crippen LogP) is 4.75. The van der Waals surface area contributed by atoms with Gasteiger partial charge in [0.1, 0.15) is 18.1 Å². The minimum atomic E-state index is -0.863. The van der Waals surface area contributed by atoms with Crippen LogP contribution in [0, 0.1) is 6.92 Å². The number of aliphatic hydroxyl groups is 1. The van der Waals surface area contributed by atoms with Crippen LogP contribution in [-0.4, -0.2) is 54.2 Å². The first kappa shape index (κ1) is 26.8. The van der Waals surface area contributed by atoms with Crippen LogP contribution < -0.4 is 9.47 Å². The van der Waals surface area contributed by atoms with E-state index in [1.54, 1.807) is 43.5 Å². The summed E-state index contributed by atoms with van der Waals surface area (Å²) < 4.78 is 16.2. The number of phenolic OH excluding ortho intramolecular Hbond substituents is 1. The molecule has 2 N–H and O–H groups in total. The SMILES string of the molecule is COCCCN1C(=O)C(=O)/C(=C(\O)c2ccc(OCc3ccccc3C)cc2)C1c1ccc(O)c(OC)c1. The number of Topliss-reactive ketones (excluding diaryl/α,β-unsaturated/α-hetero) is 1. The van der Waals surface area contributed by atoms with Crippen molar-refractivity contribution in [2.45, 2.75) is 26.0 Å².